The lowest BCUT2D eigenvalue weighted by Gasteiger charge is -2.25. The van der Waals surface area contributed by atoms with Crippen LogP contribution in [0.4, 0.5) is 18.9 Å². The molecule has 0 heterocycles. The third-order valence-electron chi connectivity index (χ3n) is 5.13. The maximum absolute atomic E-state index is 13.3. The van der Waals surface area contributed by atoms with Gasteiger partial charge in [0.05, 0.1) is 22.7 Å². The molecule has 6 nitrogen and oxygen atoms in total. The van der Waals surface area contributed by atoms with Crippen molar-refractivity contribution in [1.29, 1.82) is 0 Å². The number of alkyl halides is 3. The third-order valence-corrected chi connectivity index (χ3v) is 6.92. The van der Waals surface area contributed by atoms with Crippen molar-refractivity contribution in [2.45, 2.75) is 24.9 Å². The molecule has 0 spiro atoms. The second kappa shape index (κ2) is 10.8. The van der Waals surface area contributed by atoms with Gasteiger partial charge in [0.15, 0.2) is 0 Å². The highest BCUT2D eigenvalue weighted by molar-refractivity contribution is 7.92. The molecule has 0 aliphatic heterocycles. The van der Waals surface area contributed by atoms with Gasteiger partial charge in [-0.05, 0) is 55.8 Å². The van der Waals surface area contributed by atoms with Gasteiger partial charge in [0.1, 0.15) is 18.9 Å². The first kappa shape index (κ1) is 26.1. The lowest BCUT2D eigenvalue weighted by Crippen LogP contribution is -2.42. The van der Waals surface area contributed by atoms with E-state index in [9.17, 15) is 26.4 Å². The van der Waals surface area contributed by atoms with Gasteiger partial charge in [-0.25, -0.2) is 8.42 Å². The highest BCUT2D eigenvalue weighted by Gasteiger charge is 2.33. The zero-order valence-electron chi connectivity index (χ0n) is 19.2. The van der Waals surface area contributed by atoms with E-state index in [-0.39, 0.29) is 23.7 Å². The van der Waals surface area contributed by atoms with E-state index in [2.05, 4.69) is 5.32 Å². The summed E-state index contributed by atoms with van der Waals surface area (Å²) < 4.78 is 72.8. The molecule has 35 heavy (non-hydrogen) atoms. The first-order valence-electron chi connectivity index (χ1n) is 10.7. The molecule has 1 amide bonds. The standard InChI is InChI=1S/C25H25F3N2O4S/c1-18-10-12-22(13-11-18)35(32,33)30(21-8-5-7-20(16-21)25(26,27)28)17-24(31)29-14-15-34-23-9-4-3-6-19(23)2/h3-13,16H,14-15,17H2,1-2H3,(H,29,31). The Labute approximate surface area is 202 Å². The highest BCUT2D eigenvalue weighted by atomic mass is 32.2. The van der Waals surface area contributed by atoms with E-state index in [0.717, 1.165) is 23.3 Å². The van der Waals surface area contributed by atoms with E-state index in [0.29, 0.717) is 16.1 Å². The average molecular weight is 507 g/mol. The smallest absolute Gasteiger partial charge is 0.416 e. The first-order chi connectivity index (χ1) is 16.5. The molecule has 10 heteroatoms. The van der Waals surface area contributed by atoms with Crippen molar-refractivity contribution in [2.24, 2.45) is 0 Å². The number of rotatable bonds is 9. The van der Waals surface area contributed by atoms with E-state index in [4.69, 9.17) is 4.74 Å². The molecule has 3 aromatic carbocycles. The summed E-state index contributed by atoms with van der Waals surface area (Å²) in [6.07, 6.45) is -4.68. The number of hydrogen-bond donors (Lipinski definition) is 1. The number of amides is 1. The molecule has 3 rings (SSSR count). The van der Waals surface area contributed by atoms with Gasteiger partial charge in [-0.2, -0.15) is 13.2 Å². The number of halogens is 3. The number of anilines is 1. The molecule has 0 unspecified atom stereocenters. The van der Waals surface area contributed by atoms with Gasteiger partial charge in [0.2, 0.25) is 5.91 Å². The minimum absolute atomic E-state index is 0.0776. The van der Waals surface area contributed by atoms with Gasteiger partial charge in [-0.3, -0.25) is 9.10 Å². The Bertz CT molecular complexity index is 1280. The van der Waals surface area contributed by atoms with Crippen LogP contribution in [0.3, 0.4) is 0 Å². The predicted molar refractivity (Wildman–Crippen MR) is 127 cm³/mol. The summed E-state index contributed by atoms with van der Waals surface area (Å²) in [5.41, 5.74) is 0.428. The van der Waals surface area contributed by atoms with Gasteiger partial charge >= 0.3 is 6.18 Å². The molecule has 186 valence electrons. The number of carbonyl (C=O) groups excluding carboxylic acids is 1. The van der Waals surface area contributed by atoms with Crippen molar-refractivity contribution in [1.82, 2.24) is 5.32 Å². The molecule has 0 aromatic heterocycles. The van der Waals surface area contributed by atoms with E-state index >= 15 is 0 Å². The molecule has 0 bridgehead atoms. The maximum Gasteiger partial charge on any atom is 0.416 e. The molecule has 0 radical (unpaired) electrons. The molecule has 1 N–H and O–H groups in total. The normalized spacial score (nSPS) is 11.7. The summed E-state index contributed by atoms with van der Waals surface area (Å²) in [4.78, 5) is 12.5. The maximum atomic E-state index is 13.3. The molecule has 0 aliphatic carbocycles. The van der Waals surface area contributed by atoms with E-state index in [1.807, 2.05) is 25.1 Å². The number of sulfonamides is 1. The molecule has 0 fully saturated rings. The zero-order chi connectivity index (χ0) is 25.6. The fourth-order valence-electron chi connectivity index (χ4n) is 3.25. The van der Waals surface area contributed by atoms with Crippen LogP contribution in [0.1, 0.15) is 16.7 Å². The van der Waals surface area contributed by atoms with Crippen molar-refractivity contribution >= 4 is 21.6 Å². The lowest BCUT2D eigenvalue weighted by atomic mass is 10.2. The van der Waals surface area contributed by atoms with Crippen LogP contribution < -0.4 is 14.4 Å². The SMILES string of the molecule is Cc1ccc(S(=O)(=O)N(CC(=O)NCCOc2ccccc2C)c2cccc(C(F)(F)F)c2)cc1. The number of para-hydroxylation sites is 1. The van der Waals surface area contributed by atoms with Gasteiger partial charge in [0.25, 0.3) is 10.0 Å². The Kier molecular flexibility index (Phi) is 8.06. The van der Waals surface area contributed by atoms with Crippen molar-refractivity contribution < 1.29 is 31.1 Å². The fraction of sp³-hybridized carbons (Fsp3) is 0.240. The quantitative estimate of drug-likeness (QED) is 0.427. The number of carbonyl (C=O) groups is 1. The van der Waals surface area contributed by atoms with Crippen molar-refractivity contribution in [3.8, 4) is 5.75 Å². The largest absolute Gasteiger partial charge is 0.491 e. The van der Waals surface area contributed by atoms with Crippen molar-refractivity contribution in [3.63, 3.8) is 0 Å². The third kappa shape index (κ3) is 6.75. The monoisotopic (exact) mass is 506 g/mol. The minimum Gasteiger partial charge on any atom is -0.491 e. The molecule has 0 aliphatic rings. The Hall–Kier alpha value is -3.53. The second-order valence-corrected chi connectivity index (χ2v) is 9.70. The number of hydrogen-bond acceptors (Lipinski definition) is 4. The van der Waals surface area contributed by atoms with Crippen molar-refractivity contribution in [2.75, 3.05) is 24.0 Å². The van der Waals surface area contributed by atoms with Crippen LogP contribution in [0.2, 0.25) is 0 Å². The van der Waals surface area contributed by atoms with Gasteiger partial charge < -0.3 is 10.1 Å². The predicted octanol–water partition coefficient (Wildman–Crippen LogP) is 4.71. The van der Waals surface area contributed by atoms with Gasteiger partial charge in [0, 0.05) is 0 Å². The molecular formula is C25H25F3N2O4S. The number of nitrogens with one attached hydrogen (secondary N) is 1. The summed E-state index contributed by atoms with van der Waals surface area (Å²) in [5, 5.41) is 2.56. The first-order valence-corrected chi connectivity index (χ1v) is 12.1. The van der Waals surface area contributed by atoms with Crippen LogP contribution in [0.25, 0.3) is 0 Å². The number of benzene rings is 3. The van der Waals surface area contributed by atoms with Crippen LogP contribution in [0.5, 0.6) is 5.75 Å². The number of aryl methyl sites for hydroxylation is 2. The van der Waals surface area contributed by atoms with E-state index < -0.39 is 34.2 Å². The number of ether oxygens (including phenoxy) is 1. The Morgan fingerprint density at radius 3 is 2.31 bits per heavy atom. The highest BCUT2D eigenvalue weighted by Crippen LogP contribution is 2.33. The topological polar surface area (TPSA) is 75.7 Å². The lowest BCUT2D eigenvalue weighted by molar-refractivity contribution is -0.137. The van der Waals surface area contributed by atoms with Crippen LogP contribution in [0.15, 0.2) is 77.7 Å². The Morgan fingerprint density at radius 2 is 1.66 bits per heavy atom. The molecule has 0 saturated heterocycles. The molecule has 3 aromatic rings. The van der Waals surface area contributed by atoms with Crippen LogP contribution in [0, 0.1) is 13.8 Å². The summed E-state index contributed by atoms with van der Waals surface area (Å²) >= 11 is 0. The molecule has 0 saturated carbocycles. The average Bonchev–Trinajstić information content (AvgIpc) is 2.81. The molecule has 0 atom stereocenters. The van der Waals surface area contributed by atoms with Crippen LogP contribution in [-0.4, -0.2) is 34.0 Å². The van der Waals surface area contributed by atoms with E-state index in [1.165, 1.54) is 18.2 Å². The molecular weight excluding hydrogens is 481 g/mol. The summed E-state index contributed by atoms with van der Waals surface area (Å²) in [7, 11) is -4.33. The van der Waals surface area contributed by atoms with Crippen molar-refractivity contribution in [3.05, 3.63) is 89.5 Å². The van der Waals surface area contributed by atoms with Gasteiger partial charge in [-0.15, -0.1) is 0 Å². The van der Waals surface area contributed by atoms with Crippen LogP contribution >= 0.6 is 0 Å². The summed E-state index contributed by atoms with van der Waals surface area (Å²) in [6.45, 7) is 3.14. The number of nitrogens with zero attached hydrogens (tertiary/aromatic N) is 1. The fourth-order valence-corrected chi connectivity index (χ4v) is 4.66. The summed E-state index contributed by atoms with van der Waals surface area (Å²) in [5.74, 6) is -0.0410. The Balaban J connectivity index is 1.80. The zero-order valence-corrected chi connectivity index (χ0v) is 20.0. The van der Waals surface area contributed by atoms with Gasteiger partial charge in [-0.1, -0.05) is 42.0 Å². The minimum atomic E-state index is -4.68. The summed E-state index contributed by atoms with van der Waals surface area (Å²) in [6, 6.07) is 17.0. The Morgan fingerprint density at radius 1 is 0.971 bits per heavy atom. The van der Waals surface area contributed by atoms with E-state index in [1.54, 1.807) is 25.1 Å². The second-order valence-electron chi connectivity index (χ2n) is 7.84. The van der Waals surface area contributed by atoms with Crippen LogP contribution in [-0.2, 0) is 21.0 Å².